The number of hydrogen-bond acceptors (Lipinski definition) is 1. The molecule has 2 heteroatoms. The predicted molar refractivity (Wildman–Crippen MR) is 107 cm³/mol. The SMILES string of the molecule is Clc1ccc(-c2ccc([C@@H]3CCCN(CC4CCCC4)C3)cc2)cc1. The van der Waals surface area contributed by atoms with Crippen molar-refractivity contribution in [1.82, 2.24) is 4.90 Å². The molecule has 1 atom stereocenters. The van der Waals surface area contributed by atoms with Crippen molar-refractivity contribution in [2.75, 3.05) is 19.6 Å². The lowest BCUT2D eigenvalue weighted by Crippen LogP contribution is -2.37. The van der Waals surface area contributed by atoms with Crippen LogP contribution in [0.5, 0.6) is 0 Å². The van der Waals surface area contributed by atoms with E-state index >= 15 is 0 Å². The van der Waals surface area contributed by atoms with Gasteiger partial charge in [-0.2, -0.15) is 0 Å². The molecule has 25 heavy (non-hydrogen) atoms. The highest BCUT2D eigenvalue weighted by molar-refractivity contribution is 6.30. The van der Waals surface area contributed by atoms with Crippen LogP contribution in [-0.2, 0) is 0 Å². The van der Waals surface area contributed by atoms with Gasteiger partial charge >= 0.3 is 0 Å². The van der Waals surface area contributed by atoms with E-state index in [0.717, 1.165) is 10.9 Å². The third kappa shape index (κ3) is 4.27. The Labute approximate surface area is 157 Å². The van der Waals surface area contributed by atoms with E-state index in [1.54, 1.807) is 0 Å². The van der Waals surface area contributed by atoms with Crippen molar-refractivity contribution in [3.05, 3.63) is 59.1 Å². The van der Waals surface area contributed by atoms with Crippen molar-refractivity contribution in [2.45, 2.75) is 44.4 Å². The molecule has 2 fully saturated rings. The summed E-state index contributed by atoms with van der Waals surface area (Å²) in [5.41, 5.74) is 4.02. The highest BCUT2D eigenvalue weighted by Crippen LogP contribution is 2.32. The van der Waals surface area contributed by atoms with Crippen LogP contribution in [0.2, 0.25) is 5.02 Å². The summed E-state index contributed by atoms with van der Waals surface area (Å²) in [7, 11) is 0. The van der Waals surface area contributed by atoms with Gasteiger partial charge in [0.2, 0.25) is 0 Å². The lowest BCUT2D eigenvalue weighted by molar-refractivity contribution is 0.179. The first-order valence-electron chi connectivity index (χ1n) is 9.86. The lowest BCUT2D eigenvalue weighted by Gasteiger charge is -2.34. The molecular formula is C23H28ClN. The van der Waals surface area contributed by atoms with Crippen molar-refractivity contribution < 1.29 is 0 Å². The quantitative estimate of drug-likeness (QED) is 0.616. The number of hydrogen-bond donors (Lipinski definition) is 0. The second kappa shape index (κ2) is 7.93. The van der Waals surface area contributed by atoms with Gasteiger partial charge in [-0.05, 0) is 72.9 Å². The fourth-order valence-corrected chi connectivity index (χ4v) is 4.77. The molecule has 4 rings (SSSR count). The molecule has 0 bridgehead atoms. The van der Waals surface area contributed by atoms with Gasteiger partial charge in [-0.25, -0.2) is 0 Å². The van der Waals surface area contributed by atoms with Gasteiger partial charge in [0, 0.05) is 18.1 Å². The molecule has 1 aliphatic heterocycles. The third-order valence-corrected chi connectivity index (χ3v) is 6.31. The van der Waals surface area contributed by atoms with Crippen LogP contribution in [0, 0.1) is 5.92 Å². The van der Waals surface area contributed by atoms with E-state index in [0.29, 0.717) is 5.92 Å². The fourth-order valence-electron chi connectivity index (χ4n) is 4.64. The molecule has 1 nitrogen and oxygen atoms in total. The van der Waals surface area contributed by atoms with Crippen LogP contribution >= 0.6 is 11.6 Å². The molecule has 2 aromatic rings. The highest BCUT2D eigenvalue weighted by atomic mass is 35.5. The van der Waals surface area contributed by atoms with Crippen LogP contribution in [0.4, 0.5) is 0 Å². The number of benzene rings is 2. The van der Waals surface area contributed by atoms with E-state index in [1.807, 2.05) is 12.1 Å². The topological polar surface area (TPSA) is 3.24 Å². The van der Waals surface area contributed by atoms with E-state index in [9.17, 15) is 0 Å². The van der Waals surface area contributed by atoms with Crippen LogP contribution in [-0.4, -0.2) is 24.5 Å². The molecule has 0 unspecified atom stereocenters. The summed E-state index contributed by atoms with van der Waals surface area (Å²) in [6.07, 6.45) is 8.49. The second-order valence-electron chi connectivity index (χ2n) is 7.88. The predicted octanol–water partition coefficient (Wildman–Crippen LogP) is 6.38. The maximum Gasteiger partial charge on any atom is 0.0406 e. The van der Waals surface area contributed by atoms with Gasteiger partial charge in [0.1, 0.15) is 0 Å². The second-order valence-corrected chi connectivity index (χ2v) is 8.31. The smallest absolute Gasteiger partial charge is 0.0406 e. The van der Waals surface area contributed by atoms with Crippen molar-refractivity contribution in [3.63, 3.8) is 0 Å². The van der Waals surface area contributed by atoms with E-state index < -0.39 is 0 Å². The summed E-state index contributed by atoms with van der Waals surface area (Å²) in [6, 6.07) is 17.4. The Morgan fingerprint density at radius 3 is 2.12 bits per heavy atom. The molecule has 1 aliphatic carbocycles. The Bertz CT molecular complexity index is 670. The van der Waals surface area contributed by atoms with Crippen molar-refractivity contribution >= 4 is 11.6 Å². The summed E-state index contributed by atoms with van der Waals surface area (Å²) < 4.78 is 0. The van der Waals surface area contributed by atoms with Crippen LogP contribution < -0.4 is 0 Å². The Balaban J connectivity index is 1.41. The standard InChI is InChI=1S/C23H28ClN/c24-23-13-11-20(12-14-23)19-7-9-21(10-8-19)22-6-3-15-25(17-22)16-18-4-1-2-5-18/h7-14,18,22H,1-6,15-17H2/t22-/m1/s1. The van der Waals surface area contributed by atoms with E-state index in [4.69, 9.17) is 11.6 Å². The van der Waals surface area contributed by atoms with Gasteiger partial charge in [0.05, 0.1) is 0 Å². The Morgan fingerprint density at radius 2 is 1.44 bits per heavy atom. The summed E-state index contributed by atoms with van der Waals surface area (Å²) in [5, 5.41) is 0.796. The van der Waals surface area contributed by atoms with Crippen molar-refractivity contribution in [1.29, 1.82) is 0 Å². The van der Waals surface area contributed by atoms with Gasteiger partial charge in [-0.1, -0.05) is 60.8 Å². The Hall–Kier alpha value is -1.31. The first kappa shape index (κ1) is 17.1. The summed E-state index contributed by atoms with van der Waals surface area (Å²) in [4.78, 5) is 2.73. The van der Waals surface area contributed by atoms with Gasteiger partial charge in [0.25, 0.3) is 0 Å². The van der Waals surface area contributed by atoms with E-state index in [2.05, 4.69) is 41.3 Å². The maximum atomic E-state index is 6.00. The molecule has 0 radical (unpaired) electrons. The molecule has 0 aromatic heterocycles. The fraction of sp³-hybridized carbons (Fsp3) is 0.478. The molecule has 0 N–H and O–H groups in total. The minimum absolute atomic E-state index is 0.703. The van der Waals surface area contributed by atoms with Crippen molar-refractivity contribution in [3.8, 4) is 11.1 Å². The summed E-state index contributed by atoms with van der Waals surface area (Å²) in [6.45, 7) is 3.88. The van der Waals surface area contributed by atoms with Gasteiger partial charge in [-0.15, -0.1) is 0 Å². The monoisotopic (exact) mass is 353 g/mol. The number of nitrogens with zero attached hydrogens (tertiary/aromatic N) is 1. The molecule has 2 aromatic carbocycles. The molecule has 2 aliphatic rings. The van der Waals surface area contributed by atoms with Crippen molar-refractivity contribution in [2.24, 2.45) is 5.92 Å². The van der Waals surface area contributed by atoms with Crippen LogP contribution in [0.1, 0.15) is 50.0 Å². The minimum atomic E-state index is 0.703. The highest BCUT2D eigenvalue weighted by Gasteiger charge is 2.24. The first-order valence-corrected chi connectivity index (χ1v) is 10.2. The molecule has 0 spiro atoms. The maximum absolute atomic E-state index is 6.00. The van der Waals surface area contributed by atoms with E-state index in [1.165, 1.54) is 74.8 Å². The third-order valence-electron chi connectivity index (χ3n) is 6.06. The van der Waals surface area contributed by atoms with Gasteiger partial charge in [-0.3, -0.25) is 0 Å². The molecule has 0 amide bonds. The van der Waals surface area contributed by atoms with E-state index in [-0.39, 0.29) is 0 Å². The largest absolute Gasteiger partial charge is 0.302 e. The van der Waals surface area contributed by atoms with Crippen LogP contribution in [0.3, 0.4) is 0 Å². The minimum Gasteiger partial charge on any atom is -0.302 e. The van der Waals surface area contributed by atoms with Gasteiger partial charge in [0.15, 0.2) is 0 Å². The zero-order valence-electron chi connectivity index (χ0n) is 15.0. The first-order chi connectivity index (χ1) is 12.3. The average Bonchev–Trinajstić information content (AvgIpc) is 3.16. The molecule has 1 saturated heterocycles. The number of halogens is 1. The number of likely N-dealkylation sites (tertiary alicyclic amines) is 1. The number of rotatable bonds is 4. The number of piperidine rings is 1. The lowest BCUT2D eigenvalue weighted by atomic mass is 9.89. The average molecular weight is 354 g/mol. The van der Waals surface area contributed by atoms with Gasteiger partial charge < -0.3 is 4.90 Å². The summed E-state index contributed by atoms with van der Waals surface area (Å²) >= 11 is 6.00. The molecular weight excluding hydrogens is 326 g/mol. The summed E-state index contributed by atoms with van der Waals surface area (Å²) in [5.74, 6) is 1.67. The Kier molecular flexibility index (Phi) is 5.43. The normalized spacial score (nSPS) is 22.4. The zero-order chi connectivity index (χ0) is 17.1. The molecule has 132 valence electrons. The zero-order valence-corrected chi connectivity index (χ0v) is 15.7. The molecule has 1 saturated carbocycles. The van der Waals surface area contributed by atoms with Crippen LogP contribution in [0.15, 0.2) is 48.5 Å². The van der Waals surface area contributed by atoms with Crippen LogP contribution in [0.25, 0.3) is 11.1 Å². The Morgan fingerprint density at radius 1 is 0.800 bits per heavy atom. The molecule has 1 heterocycles.